The minimum Gasteiger partial charge on any atom is -0.478 e. The maximum atomic E-state index is 12.1. The summed E-state index contributed by atoms with van der Waals surface area (Å²) >= 11 is 0. The minimum atomic E-state index is -3.66. The van der Waals surface area contributed by atoms with Gasteiger partial charge in [-0.3, -0.25) is 0 Å². The van der Waals surface area contributed by atoms with Gasteiger partial charge in [0.05, 0.1) is 10.5 Å². The third-order valence-electron chi connectivity index (χ3n) is 2.74. The summed E-state index contributed by atoms with van der Waals surface area (Å²) in [7, 11) is -3.66. The van der Waals surface area contributed by atoms with Crippen molar-refractivity contribution in [2.75, 3.05) is 6.54 Å². The largest absolute Gasteiger partial charge is 0.478 e. The zero-order valence-electron chi connectivity index (χ0n) is 11.3. The summed E-state index contributed by atoms with van der Waals surface area (Å²) in [4.78, 5) is 10.9. The first-order valence-corrected chi connectivity index (χ1v) is 7.56. The van der Waals surface area contributed by atoms with E-state index in [4.69, 9.17) is 5.11 Å². The van der Waals surface area contributed by atoms with Gasteiger partial charge in [-0.15, -0.1) is 0 Å². The summed E-state index contributed by atoms with van der Waals surface area (Å²) in [6.07, 6.45) is 0.733. The highest BCUT2D eigenvalue weighted by Crippen LogP contribution is 2.17. The molecule has 19 heavy (non-hydrogen) atoms. The highest BCUT2D eigenvalue weighted by atomic mass is 32.2. The van der Waals surface area contributed by atoms with Gasteiger partial charge < -0.3 is 5.11 Å². The number of benzene rings is 1. The van der Waals surface area contributed by atoms with Crippen molar-refractivity contribution in [3.63, 3.8) is 0 Å². The number of carbonyl (C=O) groups is 1. The van der Waals surface area contributed by atoms with Gasteiger partial charge in [0.1, 0.15) is 0 Å². The highest BCUT2D eigenvalue weighted by Gasteiger charge is 2.18. The van der Waals surface area contributed by atoms with Gasteiger partial charge in [-0.05, 0) is 37.0 Å². The third kappa shape index (κ3) is 4.33. The average molecular weight is 285 g/mol. The third-order valence-corrected chi connectivity index (χ3v) is 4.34. The van der Waals surface area contributed by atoms with Crippen LogP contribution in [0.15, 0.2) is 23.1 Å². The van der Waals surface area contributed by atoms with Gasteiger partial charge in [0, 0.05) is 6.54 Å². The molecule has 0 aliphatic rings. The molecule has 0 aliphatic carbocycles. The van der Waals surface area contributed by atoms with Gasteiger partial charge in [-0.1, -0.05) is 19.9 Å². The van der Waals surface area contributed by atoms with E-state index in [9.17, 15) is 13.2 Å². The van der Waals surface area contributed by atoms with Crippen molar-refractivity contribution in [1.29, 1.82) is 0 Å². The molecule has 2 N–H and O–H groups in total. The molecule has 1 aromatic carbocycles. The lowest BCUT2D eigenvalue weighted by Gasteiger charge is -2.11. The van der Waals surface area contributed by atoms with Crippen molar-refractivity contribution < 1.29 is 18.3 Å². The number of carboxylic acid groups (broad SMARTS) is 1. The first-order valence-electron chi connectivity index (χ1n) is 6.07. The molecule has 0 bridgehead atoms. The fraction of sp³-hybridized carbons (Fsp3) is 0.462. The Kier molecular flexibility index (Phi) is 5.08. The molecule has 106 valence electrons. The number of nitrogens with one attached hydrogen (secondary N) is 1. The molecular weight excluding hydrogens is 266 g/mol. The van der Waals surface area contributed by atoms with Gasteiger partial charge in [-0.2, -0.15) is 0 Å². The summed E-state index contributed by atoms with van der Waals surface area (Å²) in [5.74, 6) is -0.743. The van der Waals surface area contributed by atoms with Crippen LogP contribution in [0.25, 0.3) is 0 Å². The highest BCUT2D eigenvalue weighted by molar-refractivity contribution is 7.89. The van der Waals surface area contributed by atoms with E-state index in [1.54, 1.807) is 6.92 Å². The van der Waals surface area contributed by atoms with Crippen LogP contribution in [0, 0.1) is 12.8 Å². The number of sulfonamides is 1. The first kappa shape index (κ1) is 15.7. The molecule has 0 aliphatic heterocycles. The SMILES string of the molecule is Cc1ccc(C(=O)O)cc1S(=O)(=O)NCCC(C)C. The molecule has 0 aromatic heterocycles. The van der Waals surface area contributed by atoms with E-state index in [-0.39, 0.29) is 10.5 Å². The lowest BCUT2D eigenvalue weighted by molar-refractivity contribution is 0.0696. The molecule has 0 heterocycles. The van der Waals surface area contributed by atoms with Crippen LogP contribution < -0.4 is 4.72 Å². The molecule has 5 nitrogen and oxygen atoms in total. The number of aryl methyl sites for hydroxylation is 1. The Balaban J connectivity index is 3.00. The van der Waals surface area contributed by atoms with Crippen molar-refractivity contribution in [2.24, 2.45) is 5.92 Å². The predicted molar refractivity (Wildman–Crippen MR) is 72.8 cm³/mol. The normalized spacial score (nSPS) is 11.8. The summed E-state index contributed by atoms with van der Waals surface area (Å²) in [6, 6.07) is 4.08. The van der Waals surface area contributed by atoms with E-state index in [2.05, 4.69) is 4.72 Å². The molecule has 0 saturated carbocycles. The Labute approximate surface area is 113 Å². The lowest BCUT2D eigenvalue weighted by Crippen LogP contribution is -2.26. The van der Waals surface area contributed by atoms with Crippen molar-refractivity contribution >= 4 is 16.0 Å². The second-order valence-corrected chi connectivity index (χ2v) is 6.60. The maximum Gasteiger partial charge on any atom is 0.335 e. The van der Waals surface area contributed by atoms with Crippen LogP contribution in [0.2, 0.25) is 0 Å². The number of hydrogen-bond donors (Lipinski definition) is 2. The molecule has 0 amide bonds. The van der Waals surface area contributed by atoms with Gasteiger partial charge >= 0.3 is 5.97 Å². The summed E-state index contributed by atoms with van der Waals surface area (Å²) < 4.78 is 26.7. The Bertz CT molecular complexity index is 564. The molecular formula is C13H19NO4S. The van der Waals surface area contributed by atoms with Crippen LogP contribution in [-0.4, -0.2) is 26.0 Å². The van der Waals surface area contributed by atoms with Crippen molar-refractivity contribution in [3.8, 4) is 0 Å². The Morgan fingerprint density at radius 1 is 1.37 bits per heavy atom. The number of carboxylic acids is 1. The van der Waals surface area contributed by atoms with E-state index in [1.165, 1.54) is 18.2 Å². The van der Waals surface area contributed by atoms with Crippen LogP contribution in [0.4, 0.5) is 0 Å². The molecule has 0 unspecified atom stereocenters. The molecule has 0 spiro atoms. The van der Waals surface area contributed by atoms with E-state index < -0.39 is 16.0 Å². The zero-order valence-corrected chi connectivity index (χ0v) is 12.1. The van der Waals surface area contributed by atoms with Gasteiger partial charge in [0.2, 0.25) is 10.0 Å². The van der Waals surface area contributed by atoms with Crippen molar-refractivity contribution in [3.05, 3.63) is 29.3 Å². The van der Waals surface area contributed by atoms with E-state index >= 15 is 0 Å². The lowest BCUT2D eigenvalue weighted by atomic mass is 10.1. The maximum absolute atomic E-state index is 12.1. The smallest absolute Gasteiger partial charge is 0.335 e. The van der Waals surface area contributed by atoms with E-state index in [0.29, 0.717) is 18.0 Å². The molecule has 6 heteroatoms. The number of aromatic carboxylic acids is 1. The number of rotatable bonds is 6. The summed E-state index contributed by atoms with van der Waals surface area (Å²) in [6.45, 7) is 5.99. The fourth-order valence-corrected chi connectivity index (χ4v) is 2.90. The summed E-state index contributed by atoms with van der Waals surface area (Å²) in [5.41, 5.74) is 0.497. The van der Waals surface area contributed by atoms with Crippen LogP contribution in [0.1, 0.15) is 36.2 Å². The second-order valence-electron chi connectivity index (χ2n) is 4.87. The van der Waals surface area contributed by atoms with Gasteiger partial charge in [0.25, 0.3) is 0 Å². The number of hydrogen-bond acceptors (Lipinski definition) is 3. The molecule has 0 radical (unpaired) electrons. The topological polar surface area (TPSA) is 83.5 Å². The average Bonchev–Trinajstić information content (AvgIpc) is 2.28. The monoisotopic (exact) mass is 285 g/mol. The molecule has 1 aromatic rings. The van der Waals surface area contributed by atoms with Crippen LogP contribution in [0.5, 0.6) is 0 Å². The first-order chi connectivity index (χ1) is 8.74. The van der Waals surface area contributed by atoms with Crippen LogP contribution in [0.3, 0.4) is 0 Å². The van der Waals surface area contributed by atoms with E-state index in [1.807, 2.05) is 13.8 Å². The minimum absolute atomic E-state index is 0.0242. The zero-order chi connectivity index (χ0) is 14.6. The van der Waals surface area contributed by atoms with E-state index in [0.717, 1.165) is 6.42 Å². The quantitative estimate of drug-likeness (QED) is 0.837. The van der Waals surface area contributed by atoms with Gasteiger partial charge in [-0.25, -0.2) is 17.9 Å². The van der Waals surface area contributed by atoms with Crippen molar-refractivity contribution in [1.82, 2.24) is 4.72 Å². The standard InChI is InChI=1S/C13H19NO4S/c1-9(2)6-7-14-19(17,18)12-8-11(13(15)16)5-4-10(12)3/h4-5,8-9,14H,6-7H2,1-3H3,(H,15,16). The van der Waals surface area contributed by atoms with Gasteiger partial charge in [0.15, 0.2) is 0 Å². The Morgan fingerprint density at radius 2 is 2.00 bits per heavy atom. The molecule has 0 saturated heterocycles. The Morgan fingerprint density at radius 3 is 2.53 bits per heavy atom. The molecule has 1 rings (SSSR count). The fourth-order valence-electron chi connectivity index (χ4n) is 1.58. The Hall–Kier alpha value is -1.40. The molecule has 0 fully saturated rings. The summed E-state index contributed by atoms with van der Waals surface area (Å²) in [5, 5.41) is 8.90. The molecule has 0 atom stereocenters. The van der Waals surface area contributed by atoms with Crippen LogP contribution >= 0.6 is 0 Å². The predicted octanol–water partition coefficient (Wildman–Crippen LogP) is 2.02. The second kappa shape index (κ2) is 6.16. The van der Waals surface area contributed by atoms with Crippen molar-refractivity contribution in [2.45, 2.75) is 32.1 Å². The van der Waals surface area contributed by atoms with Crippen LogP contribution in [-0.2, 0) is 10.0 Å².